The summed E-state index contributed by atoms with van der Waals surface area (Å²) in [6, 6.07) is 8.78. The van der Waals surface area contributed by atoms with Gasteiger partial charge >= 0.3 is 0 Å². The lowest BCUT2D eigenvalue weighted by Crippen LogP contribution is -2.45. The molecule has 154 valence electrons. The van der Waals surface area contributed by atoms with Crippen LogP contribution in [0, 0.1) is 5.92 Å². The van der Waals surface area contributed by atoms with Crippen molar-refractivity contribution in [2.45, 2.75) is 38.3 Å². The molecule has 0 saturated carbocycles. The molecule has 0 spiro atoms. The molecule has 1 fully saturated rings. The largest absolute Gasteiger partial charge is 0.383 e. The molecular weight excluding hydrogens is 388 g/mol. The maximum atomic E-state index is 10.8. The van der Waals surface area contributed by atoms with Gasteiger partial charge in [-0.1, -0.05) is 12.1 Å². The van der Waals surface area contributed by atoms with Crippen LogP contribution in [-0.2, 0) is 5.60 Å². The highest BCUT2D eigenvalue weighted by molar-refractivity contribution is 7.10. The number of nitrogens with zero attached hydrogens (tertiary/aromatic N) is 2. The Morgan fingerprint density at radius 1 is 1.29 bits per heavy atom. The van der Waals surface area contributed by atoms with Crippen LogP contribution in [0.2, 0.25) is 0 Å². The first-order chi connectivity index (χ1) is 13.5. The van der Waals surface area contributed by atoms with Gasteiger partial charge in [-0.05, 0) is 69.1 Å². The van der Waals surface area contributed by atoms with Crippen molar-refractivity contribution in [3.63, 3.8) is 0 Å². The lowest BCUT2D eigenvalue weighted by molar-refractivity contribution is 0.0711. The highest BCUT2D eigenvalue weighted by Crippen LogP contribution is 2.36. The van der Waals surface area contributed by atoms with Crippen LogP contribution in [0.1, 0.15) is 42.5 Å². The summed E-state index contributed by atoms with van der Waals surface area (Å²) in [7, 11) is 2.23. The van der Waals surface area contributed by atoms with Crippen LogP contribution < -0.4 is 10.6 Å². The molecule has 28 heavy (non-hydrogen) atoms. The van der Waals surface area contributed by atoms with E-state index in [9.17, 15) is 5.11 Å². The minimum Gasteiger partial charge on any atom is -0.383 e. The molecule has 0 amide bonds. The highest BCUT2D eigenvalue weighted by atomic mass is 32.1. The molecule has 3 rings (SSSR count). The monoisotopic (exact) mass is 420 g/mol. The normalized spacial score (nSPS) is 23.4. The molecule has 0 radical (unpaired) electrons. The van der Waals surface area contributed by atoms with Crippen molar-refractivity contribution in [3.05, 3.63) is 44.8 Å². The van der Waals surface area contributed by atoms with Crippen molar-refractivity contribution in [2.24, 2.45) is 10.9 Å². The number of guanidine groups is 1. The van der Waals surface area contributed by atoms with E-state index in [1.165, 1.54) is 17.7 Å². The fourth-order valence-electron chi connectivity index (χ4n) is 3.85. The van der Waals surface area contributed by atoms with Crippen LogP contribution >= 0.6 is 22.7 Å². The second-order valence-corrected chi connectivity index (χ2v) is 9.60. The molecule has 3 N–H and O–H groups in total. The summed E-state index contributed by atoms with van der Waals surface area (Å²) < 4.78 is 0. The summed E-state index contributed by atoms with van der Waals surface area (Å²) in [5.74, 6) is 1.32. The van der Waals surface area contributed by atoms with Crippen LogP contribution in [0.25, 0.3) is 0 Å². The van der Waals surface area contributed by atoms with Gasteiger partial charge in [-0.3, -0.25) is 4.90 Å². The minimum atomic E-state index is -0.943. The average Bonchev–Trinajstić information content (AvgIpc) is 3.38. The zero-order valence-corrected chi connectivity index (χ0v) is 18.7. The molecular formula is C21H32N4OS2. The van der Waals surface area contributed by atoms with Gasteiger partial charge < -0.3 is 15.7 Å². The van der Waals surface area contributed by atoms with E-state index in [4.69, 9.17) is 0 Å². The maximum absolute atomic E-state index is 10.8. The molecule has 3 atom stereocenters. The molecule has 0 bridgehead atoms. The van der Waals surface area contributed by atoms with E-state index in [2.05, 4.69) is 52.0 Å². The third kappa shape index (κ3) is 5.35. The van der Waals surface area contributed by atoms with E-state index in [0.29, 0.717) is 18.5 Å². The predicted octanol–water partition coefficient (Wildman–Crippen LogP) is 3.66. The second-order valence-electron chi connectivity index (χ2n) is 7.67. The van der Waals surface area contributed by atoms with Gasteiger partial charge in [0.25, 0.3) is 0 Å². The Morgan fingerprint density at radius 3 is 2.75 bits per heavy atom. The first-order valence-electron chi connectivity index (χ1n) is 10.0. The van der Waals surface area contributed by atoms with Crippen LogP contribution in [0.4, 0.5) is 0 Å². The Balaban J connectivity index is 1.65. The number of hydrogen-bond donors (Lipinski definition) is 3. The number of rotatable bonds is 7. The standard InChI is InChI=1S/C21H32N4OS2/c1-4-22-20(24-15-21(2,26)18-10-7-13-28-18)23-14-16-8-5-11-25(3)19(16)17-9-6-12-27-17/h6-7,9-10,12-13,16,19,26H,4-5,8,11,14-15H2,1-3H3,(H2,22,23,24). The van der Waals surface area contributed by atoms with E-state index >= 15 is 0 Å². The van der Waals surface area contributed by atoms with Gasteiger partial charge in [-0.25, -0.2) is 4.99 Å². The number of thiophene rings is 2. The Kier molecular flexibility index (Phi) is 7.51. The van der Waals surface area contributed by atoms with Crippen LogP contribution in [-0.4, -0.2) is 49.2 Å². The van der Waals surface area contributed by atoms with Gasteiger partial charge in [0.05, 0.1) is 6.54 Å². The van der Waals surface area contributed by atoms with Crippen molar-refractivity contribution >= 4 is 28.6 Å². The van der Waals surface area contributed by atoms with Crippen molar-refractivity contribution in [2.75, 3.05) is 33.2 Å². The molecule has 0 aliphatic carbocycles. The van der Waals surface area contributed by atoms with Crippen LogP contribution in [0.5, 0.6) is 0 Å². The Labute approximate surface area is 176 Å². The van der Waals surface area contributed by atoms with Gasteiger partial charge in [0.1, 0.15) is 5.60 Å². The molecule has 3 heterocycles. The molecule has 1 saturated heterocycles. The molecule has 2 aromatic heterocycles. The van der Waals surface area contributed by atoms with Crippen molar-refractivity contribution in [1.82, 2.24) is 15.5 Å². The summed E-state index contributed by atoms with van der Waals surface area (Å²) in [6.07, 6.45) is 2.44. The third-order valence-corrected chi connectivity index (χ3v) is 7.38. The summed E-state index contributed by atoms with van der Waals surface area (Å²) in [6.45, 7) is 7.05. The number of hydrogen-bond acceptors (Lipinski definition) is 5. The van der Waals surface area contributed by atoms with Gasteiger partial charge in [-0.2, -0.15) is 0 Å². The quantitative estimate of drug-likeness (QED) is 0.473. The number of aliphatic imine (C=N–C) groups is 1. The molecule has 7 heteroatoms. The molecule has 5 nitrogen and oxygen atoms in total. The third-order valence-electron chi connectivity index (χ3n) is 5.31. The summed E-state index contributed by atoms with van der Waals surface area (Å²) in [5.41, 5.74) is -0.943. The van der Waals surface area contributed by atoms with Gasteiger partial charge in [0, 0.05) is 28.9 Å². The number of piperidine rings is 1. The van der Waals surface area contributed by atoms with E-state index < -0.39 is 5.60 Å². The van der Waals surface area contributed by atoms with Gasteiger partial charge in [-0.15, -0.1) is 22.7 Å². The first kappa shape index (κ1) is 21.3. The van der Waals surface area contributed by atoms with E-state index in [1.54, 1.807) is 11.3 Å². The first-order valence-corrected chi connectivity index (χ1v) is 11.8. The van der Waals surface area contributed by atoms with Gasteiger partial charge in [0.15, 0.2) is 5.96 Å². The van der Waals surface area contributed by atoms with Gasteiger partial charge in [0.2, 0.25) is 0 Å². The lowest BCUT2D eigenvalue weighted by Gasteiger charge is -2.39. The summed E-state index contributed by atoms with van der Waals surface area (Å²) in [4.78, 5) is 9.54. The minimum absolute atomic E-state index is 0.335. The van der Waals surface area contributed by atoms with Crippen molar-refractivity contribution in [3.8, 4) is 0 Å². The molecule has 1 aliphatic rings. The molecule has 1 aliphatic heterocycles. The van der Waals surface area contributed by atoms with Crippen molar-refractivity contribution in [1.29, 1.82) is 0 Å². The van der Waals surface area contributed by atoms with Crippen LogP contribution in [0.15, 0.2) is 40.0 Å². The fraction of sp³-hybridized carbons (Fsp3) is 0.571. The molecule has 3 unspecified atom stereocenters. The Hall–Kier alpha value is -1.41. The number of aliphatic hydroxyl groups is 1. The van der Waals surface area contributed by atoms with Crippen LogP contribution in [0.3, 0.4) is 0 Å². The predicted molar refractivity (Wildman–Crippen MR) is 120 cm³/mol. The van der Waals surface area contributed by atoms with E-state index in [0.717, 1.165) is 30.5 Å². The van der Waals surface area contributed by atoms with E-state index in [1.807, 2.05) is 35.8 Å². The zero-order chi connectivity index (χ0) is 20.0. The summed E-state index contributed by atoms with van der Waals surface area (Å²) in [5, 5.41) is 21.8. The van der Waals surface area contributed by atoms with E-state index in [-0.39, 0.29) is 0 Å². The summed E-state index contributed by atoms with van der Waals surface area (Å²) >= 11 is 3.41. The lowest BCUT2D eigenvalue weighted by atomic mass is 9.88. The smallest absolute Gasteiger partial charge is 0.191 e. The maximum Gasteiger partial charge on any atom is 0.191 e. The number of nitrogens with one attached hydrogen (secondary N) is 2. The fourth-order valence-corrected chi connectivity index (χ4v) is 5.61. The average molecular weight is 421 g/mol. The second kappa shape index (κ2) is 9.87. The zero-order valence-electron chi connectivity index (χ0n) is 17.0. The highest BCUT2D eigenvalue weighted by Gasteiger charge is 2.31. The Bertz CT molecular complexity index is 728. The number of likely N-dealkylation sites (tertiary alicyclic amines) is 1. The van der Waals surface area contributed by atoms with Crippen molar-refractivity contribution < 1.29 is 5.11 Å². The SMILES string of the molecule is CCNC(=NCC(C)(O)c1cccs1)NCC1CCCN(C)C1c1cccs1. The molecule has 0 aromatic carbocycles. The Morgan fingerprint density at radius 2 is 2.07 bits per heavy atom. The molecule has 2 aromatic rings. The topological polar surface area (TPSA) is 59.9 Å².